The van der Waals surface area contributed by atoms with Gasteiger partial charge >= 0.3 is 5.69 Å². The molecule has 8 heteroatoms. The second-order valence-corrected chi connectivity index (χ2v) is 5.88. The van der Waals surface area contributed by atoms with Crippen LogP contribution in [0.25, 0.3) is 0 Å². The second kappa shape index (κ2) is 6.17. The molecule has 8 nitrogen and oxygen atoms in total. The highest BCUT2D eigenvalue weighted by Crippen LogP contribution is 2.29. The quantitative estimate of drug-likeness (QED) is 0.662. The van der Waals surface area contributed by atoms with E-state index in [2.05, 4.69) is 11.9 Å². The number of hydrogen-bond acceptors (Lipinski definition) is 6. The molecule has 1 amide bonds. The van der Waals surface area contributed by atoms with Crippen molar-refractivity contribution in [3.8, 4) is 0 Å². The first-order valence-corrected chi connectivity index (χ1v) is 7.18. The van der Waals surface area contributed by atoms with Gasteiger partial charge in [0.05, 0.1) is 10.8 Å². The molecule has 1 saturated heterocycles. The highest BCUT2D eigenvalue weighted by Gasteiger charge is 2.33. The van der Waals surface area contributed by atoms with Gasteiger partial charge in [-0.25, -0.2) is 4.98 Å². The molecule has 2 atom stereocenters. The standard InChI is InChI=1S/C14H21N5O3/c1-9-6-7-18(8-10(9)14(20)17(2)3)12-5-4-11(19(21)22)13(15)16-12/h4-5,9-10H,6-8H2,1-3H3,(H2,15,16). The van der Waals surface area contributed by atoms with Gasteiger partial charge in [-0.2, -0.15) is 0 Å². The van der Waals surface area contributed by atoms with Crippen LogP contribution in [0.2, 0.25) is 0 Å². The summed E-state index contributed by atoms with van der Waals surface area (Å²) in [5.74, 6) is 0.749. The molecule has 2 N–H and O–H groups in total. The Balaban J connectivity index is 2.21. The zero-order valence-electron chi connectivity index (χ0n) is 13.0. The smallest absolute Gasteiger partial charge is 0.311 e. The molecule has 2 rings (SSSR count). The molecule has 2 heterocycles. The lowest BCUT2D eigenvalue weighted by atomic mass is 9.86. The summed E-state index contributed by atoms with van der Waals surface area (Å²) in [4.78, 5) is 30.2. The lowest BCUT2D eigenvalue weighted by molar-refractivity contribution is -0.384. The normalized spacial score (nSPS) is 21.5. The summed E-state index contributed by atoms with van der Waals surface area (Å²) < 4.78 is 0. The summed E-state index contributed by atoms with van der Waals surface area (Å²) in [6.07, 6.45) is 0.864. The minimum absolute atomic E-state index is 0.0899. The number of nitrogen functional groups attached to an aromatic ring is 1. The van der Waals surface area contributed by atoms with Crippen molar-refractivity contribution in [2.45, 2.75) is 13.3 Å². The van der Waals surface area contributed by atoms with E-state index in [1.807, 2.05) is 4.90 Å². The summed E-state index contributed by atoms with van der Waals surface area (Å²) in [7, 11) is 3.49. The summed E-state index contributed by atoms with van der Waals surface area (Å²) in [5, 5.41) is 10.8. The molecule has 2 unspecified atom stereocenters. The Kier molecular flexibility index (Phi) is 4.48. The molecule has 0 aromatic carbocycles. The Hall–Kier alpha value is -2.38. The zero-order chi connectivity index (χ0) is 16.4. The van der Waals surface area contributed by atoms with Gasteiger partial charge < -0.3 is 15.5 Å². The third-order valence-electron chi connectivity index (χ3n) is 4.12. The molecule has 0 aliphatic carbocycles. The molecule has 1 aromatic rings. The third-order valence-corrected chi connectivity index (χ3v) is 4.12. The van der Waals surface area contributed by atoms with E-state index in [0.717, 1.165) is 13.0 Å². The molecule has 1 fully saturated rings. The molecular formula is C14H21N5O3. The van der Waals surface area contributed by atoms with E-state index in [-0.39, 0.29) is 23.3 Å². The van der Waals surface area contributed by atoms with Crippen molar-refractivity contribution in [1.29, 1.82) is 0 Å². The number of anilines is 2. The van der Waals surface area contributed by atoms with Crippen LogP contribution < -0.4 is 10.6 Å². The number of nitrogens with two attached hydrogens (primary N) is 1. The van der Waals surface area contributed by atoms with E-state index in [0.29, 0.717) is 18.3 Å². The molecular weight excluding hydrogens is 286 g/mol. The van der Waals surface area contributed by atoms with Crippen LogP contribution in [-0.2, 0) is 4.79 Å². The van der Waals surface area contributed by atoms with Crippen LogP contribution >= 0.6 is 0 Å². The Morgan fingerprint density at radius 2 is 2.18 bits per heavy atom. The number of pyridine rings is 1. The van der Waals surface area contributed by atoms with E-state index < -0.39 is 4.92 Å². The van der Waals surface area contributed by atoms with Gasteiger partial charge in [-0.05, 0) is 18.4 Å². The maximum Gasteiger partial charge on any atom is 0.311 e. The number of aromatic nitrogens is 1. The number of amides is 1. The van der Waals surface area contributed by atoms with Gasteiger partial charge in [-0.1, -0.05) is 6.92 Å². The van der Waals surface area contributed by atoms with Crippen molar-refractivity contribution < 1.29 is 9.72 Å². The molecule has 0 bridgehead atoms. The van der Waals surface area contributed by atoms with Gasteiger partial charge in [-0.15, -0.1) is 0 Å². The SMILES string of the molecule is CC1CCN(c2ccc([N+](=O)[O-])c(N)n2)CC1C(=O)N(C)C. The predicted octanol–water partition coefficient (Wildman–Crippen LogP) is 1.12. The Labute approximate surface area is 129 Å². The average Bonchev–Trinajstić information content (AvgIpc) is 2.46. The number of piperidine rings is 1. The first kappa shape index (κ1) is 16.0. The van der Waals surface area contributed by atoms with E-state index in [1.54, 1.807) is 25.1 Å². The molecule has 0 spiro atoms. The molecule has 0 saturated carbocycles. The van der Waals surface area contributed by atoms with E-state index >= 15 is 0 Å². The van der Waals surface area contributed by atoms with Crippen molar-refractivity contribution in [2.75, 3.05) is 37.8 Å². The van der Waals surface area contributed by atoms with Crippen molar-refractivity contribution in [1.82, 2.24) is 9.88 Å². The Morgan fingerprint density at radius 3 is 2.73 bits per heavy atom. The monoisotopic (exact) mass is 307 g/mol. The number of carbonyl (C=O) groups is 1. The van der Waals surface area contributed by atoms with Gasteiger partial charge in [-0.3, -0.25) is 14.9 Å². The van der Waals surface area contributed by atoms with Crippen LogP contribution in [0.5, 0.6) is 0 Å². The van der Waals surface area contributed by atoms with Crippen molar-refractivity contribution in [3.05, 3.63) is 22.2 Å². The highest BCUT2D eigenvalue weighted by molar-refractivity contribution is 5.79. The largest absolute Gasteiger partial charge is 0.378 e. The third kappa shape index (κ3) is 3.10. The molecule has 0 radical (unpaired) electrons. The molecule has 22 heavy (non-hydrogen) atoms. The van der Waals surface area contributed by atoms with Crippen LogP contribution in [0.15, 0.2) is 12.1 Å². The molecule has 120 valence electrons. The average molecular weight is 307 g/mol. The fraction of sp³-hybridized carbons (Fsp3) is 0.571. The maximum absolute atomic E-state index is 12.3. The molecule has 1 aliphatic heterocycles. The van der Waals surface area contributed by atoms with Crippen LogP contribution in [-0.4, -0.2) is 47.9 Å². The number of hydrogen-bond donors (Lipinski definition) is 1. The first-order valence-electron chi connectivity index (χ1n) is 7.18. The minimum atomic E-state index is -0.553. The lowest BCUT2D eigenvalue weighted by Crippen LogP contribution is -2.46. The second-order valence-electron chi connectivity index (χ2n) is 5.88. The topological polar surface area (TPSA) is 106 Å². The zero-order valence-corrected chi connectivity index (χ0v) is 13.0. The summed E-state index contributed by atoms with van der Waals surface area (Å²) in [6.45, 7) is 3.37. The van der Waals surface area contributed by atoms with Gasteiger partial charge in [0.2, 0.25) is 11.7 Å². The first-order chi connectivity index (χ1) is 10.3. The fourth-order valence-electron chi connectivity index (χ4n) is 2.72. The maximum atomic E-state index is 12.3. The molecule has 1 aliphatic rings. The fourth-order valence-corrected chi connectivity index (χ4v) is 2.72. The van der Waals surface area contributed by atoms with Gasteiger partial charge in [0, 0.05) is 33.3 Å². The summed E-state index contributed by atoms with van der Waals surface area (Å²) in [6, 6.07) is 2.94. The summed E-state index contributed by atoms with van der Waals surface area (Å²) in [5.41, 5.74) is 5.45. The van der Waals surface area contributed by atoms with Gasteiger partial charge in [0.1, 0.15) is 5.82 Å². The number of nitrogens with zero attached hydrogens (tertiary/aromatic N) is 4. The molecule has 1 aromatic heterocycles. The van der Waals surface area contributed by atoms with Crippen LogP contribution in [0.3, 0.4) is 0 Å². The number of carbonyl (C=O) groups excluding carboxylic acids is 1. The van der Waals surface area contributed by atoms with Crippen molar-refractivity contribution >= 4 is 23.2 Å². The predicted molar refractivity (Wildman–Crippen MR) is 83.5 cm³/mol. The van der Waals surface area contributed by atoms with Crippen LogP contribution in [0, 0.1) is 22.0 Å². The van der Waals surface area contributed by atoms with E-state index in [1.165, 1.54) is 6.07 Å². The van der Waals surface area contributed by atoms with Gasteiger partial charge in [0.25, 0.3) is 0 Å². The van der Waals surface area contributed by atoms with Crippen molar-refractivity contribution in [2.24, 2.45) is 11.8 Å². The van der Waals surface area contributed by atoms with Crippen LogP contribution in [0.1, 0.15) is 13.3 Å². The Bertz CT molecular complexity index is 590. The summed E-state index contributed by atoms with van der Waals surface area (Å²) >= 11 is 0. The van der Waals surface area contributed by atoms with E-state index in [9.17, 15) is 14.9 Å². The van der Waals surface area contributed by atoms with E-state index in [4.69, 9.17) is 5.73 Å². The number of nitro groups is 1. The van der Waals surface area contributed by atoms with Crippen molar-refractivity contribution in [3.63, 3.8) is 0 Å². The Morgan fingerprint density at radius 1 is 1.50 bits per heavy atom. The van der Waals surface area contributed by atoms with Crippen LogP contribution in [0.4, 0.5) is 17.3 Å². The highest BCUT2D eigenvalue weighted by atomic mass is 16.6. The number of rotatable bonds is 3. The minimum Gasteiger partial charge on any atom is -0.378 e. The van der Waals surface area contributed by atoms with Gasteiger partial charge in [0.15, 0.2) is 0 Å². The lowest BCUT2D eigenvalue weighted by Gasteiger charge is -2.38.